The first-order valence-electron chi connectivity index (χ1n) is 5.95. The second-order valence-electron chi connectivity index (χ2n) is 4.51. The second-order valence-corrected chi connectivity index (χ2v) is 5.36. The third kappa shape index (κ3) is 3.40. The molecule has 96 valence electrons. The van der Waals surface area contributed by atoms with E-state index in [0.29, 0.717) is 24.2 Å². The fourth-order valence-electron chi connectivity index (χ4n) is 1.54. The topological polar surface area (TPSA) is 51.0 Å². The number of halogens is 1. The number of nitrogens with one attached hydrogen (secondary N) is 1. The van der Waals surface area contributed by atoms with Crippen molar-refractivity contribution >= 4 is 15.9 Å². The Morgan fingerprint density at radius 2 is 2.06 bits per heavy atom. The van der Waals surface area contributed by atoms with Crippen molar-refractivity contribution in [2.24, 2.45) is 5.92 Å². The number of benzene rings is 1. The molecule has 0 aliphatic carbocycles. The zero-order valence-corrected chi connectivity index (χ0v) is 12.1. The van der Waals surface area contributed by atoms with Crippen molar-refractivity contribution < 1.29 is 4.42 Å². The van der Waals surface area contributed by atoms with E-state index < -0.39 is 0 Å². The summed E-state index contributed by atoms with van der Waals surface area (Å²) >= 11 is 3.47. The first-order chi connectivity index (χ1) is 8.66. The van der Waals surface area contributed by atoms with Gasteiger partial charge in [-0.15, -0.1) is 10.2 Å². The molecule has 4 nitrogen and oxygen atoms in total. The quantitative estimate of drug-likeness (QED) is 0.921. The molecule has 2 aromatic rings. The molecule has 1 heterocycles. The van der Waals surface area contributed by atoms with Gasteiger partial charge in [0.05, 0.1) is 12.1 Å². The van der Waals surface area contributed by atoms with E-state index >= 15 is 0 Å². The van der Waals surface area contributed by atoms with Crippen molar-refractivity contribution in [2.45, 2.75) is 20.4 Å². The lowest BCUT2D eigenvalue weighted by Crippen LogP contribution is -2.19. The summed E-state index contributed by atoms with van der Waals surface area (Å²) in [6, 6.07) is 7.80. The van der Waals surface area contributed by atoms with E-state index in [1.54, 1.807) is 0 Å². The first kappa shape index (κ1) is 13.2. The van der Waals surface area contributed by atoms with Gasteiger partial charge in [0.25, 0.3) is 0 Å². The van der Waals surface area contributed by atoms with E-state index in [4.69, 9.17) is 4.42 Å². The summed E-state index contributed by atoms with van der Waals surface area (Å²) in [5, 5.41) is 11.4. The highest BCUT2D eigenvalue weighted by atomic mass is 79.9. The highest BCUT2D eigenvalue weighted by Gasteiger charge is 2.10. The Labute approximate surface area is 115 Å². The van der Waals surface area contributed by atoms with Gasteiger partial charge in [0, 0.05) is 4.47 Å². The summed E-state index contributed by atoms with van der Waals surface area (Å²) in [4.78, 5) is 0. The van der Waals surface area contributed by atoms with Gasteiger partial charge in [-0.05, 0) is 40.5 Å². The predicted octanol–water partition coefficient (Wildman–Crippen LogP) is 3.24. The SMILES string of the molecule is CC(C)CNCc1nnc(-c2ccccc2Br)o1. The van der Waals surface area contributed by atoms with Crippen LogP contribution in [0, 0.1) is 5.92 Å². The zero-order valence-electron chi connectivity index (χ0n) is 10.5. The van der Waals surface area contributed by atoms with E-state index in [9.17, 15) is 0 Å². The van der Waals surface area contributed by atoms with Crippen molar-refractivity contribution in [3.63, 3.8) is 0 Å². The lowest BCUT2D eigenvalue weighted by Gasteiger charge is -2.03. The molecule has 1 aromatic heterocycles. The molecule has 0 fully saturated rings. The number of hydrogen-bond acceptors (Lipinski definition) is 4. The maximum atomic E-state index is 5.62. The molecule has 5 heteroatoms. The number of hydrogen-bond donors (Lipinski definition) is 1. The van der Waals surface area contributed by atoms with Gasteiger partial charge >= 0.3 is 0 Å². The fraction of sp³-hybridized carbons (Fsp3) is 0.385. The third-order valence-corrected chi connectivity index (χ3v) is 3.09. The number of rotatable bonds is 5. The minimum atomic E-state index is 0.545. The first-order valence-corrected chi connectivity index (χ1v) is 6.74. The fourth-order valence-corrected chi connectivity index (χ4v) is 1.99. The molecule has 1 aromatic carbocycles. The summed E-state index contributed by atoms with van der Waals surface area (Å²) in [7, 11) is 0. The third-order valence-electron chi connectivity index (χ3n) is 2.40. The maximum Gasteiger partial charge on any atom is 0.248 e. The minimum absolute atomic E-state index is 0.545. The minimum Gasteiger partial charge on any atom is -0.419 e. The van der Waals surface area contributed by atoms with Gasteiger partial charge in [-0.3, -0.25) is 0 Å². The van der Waals surface area contributed by atoms with Crippen LogP contribution in [0.15, 0.2) is 33.2 Å². The molecular formula is C13H16BrN3O. The van der Waals surface area contributed by atoms with Crippen molar-refractivity contribution in [3.8, 4) is 11.5 Å². The summed E-state index contributed by atoms with van der Waals surface area (Å²) < 4.78 is 6.57. The lowest BCUT2D eigenvalue weighted by molar-refractivity contribution is 0.459. The summed E-state index contributed by atoms with van der Waals surface area (Å²) in [5.41, 5.74) is 0.917. The second kappa shape index (κ2) is 6.11. The monoisotopic (exact) mass is 309 g/mol. The Kier molecular flexibility index (Phi) is 4.49. The molecule has 0 saturated carbocycles. The molecule has 0 unspecified atom stereocenters. The number of nitrogens with zero attached hydrogens (tertiary/aromatic N) is 2. The lowest BCUT2D eigenvalue weighted by atomic mass is 10.2. The van der Waals surface area contributed by atoms with Crippen LogP contribution in [0.4, 0.5) is 0 Å². The van der Waals surface area contributed by atoms with Crippen LogP contribution in [-0.2, 0) is 6.54 Å². The van der Waals surface area contributed by atoms with E-state index in [1.807, 2.05) is 24.3 Å². The Morgan fingerprint density at radius 1 is 1.28 bits per heavy atom. The van der Waals surface area contributed by atoms with E-state index in [-0.39, 0.29) is 0 Å². The molecule has 2 rings (SSSR count). The van der Waals surface area contributed by atoms with Gasteiger partial charge in [-0.25, -0.2) is 0 Å². The number of aromatic nitrogens is 2. The smallest absolute Gasteiger partial charge is 0.248 e. The van der Waals surface area contributed by atoms with Gasteiger partial charge in [0.2, 0.25) is 11.8 Å². The molecule has 0 atom stereocenters. The van der Waals surface area contributed by atoms with E-state index in [1.165, 1.54) is 0 Å². The van der Waals surface area contributed by atoms with Gasteiger partial charge < -0.3 is 9.73 Å². The molecule has 0 spiro atoms. The highest BCUT2D eigenvalue weighted by molar-refractivity contribution is 9.10. The van der Waals surface area contributed by atoms with Crippen molar-refractivity contribution in [1.29, 1.82) is 0 Å². The molecule has 1 N–H and O–H groups in total. The van der Waals surface area contributed by atoms with Crippen LogP contribution in [0.25, 0.3) is 11.5 Å². The van der Waals surface area contributed by atoms with Crippen LogP contribution in [-0.4, -0.2) is 16.7 Å². The van der Waals surface area contributed by atoms with Gasteiger partial charge in [-0.1, -0.05) is 26.0 Å². The summed E-state index contributed by atoms with van der Waals surface area (Å²) in [5.74, 6) is 1.76. The van der Waals surface area contributed by atoms with E-state index in [0.717, 1.165) is 16.6 Å². The summed E-state index contributed by atoms with van der Waals surface area (Å²) in [6.45, 7) is 5.86. The zero-order chi connectivity index (χ0) is 13.0. The Morgan fingerprint density at radius 3 is 2.78 bits per heavy atom. The van der Waals surface area contributed by atoms with Crippen LogP contribution < -0.4 is 5.32 Å². The van der Waals surface area contributed by atoms with Gasteiger partial charge in [0.15, 0.2) is 0 Å². The normalized spacial score (nSPS) is 11.1. The molecular weight excluding hydrogens is 294 g/mol. The largest absolute Gasteiger partial charge is 0.419 e. The predicted molar refractivity (Wildman–Crippen MR) is 74.0 cm³/mol. The maximum absolute atomic E-state index is 5.62. The molecule has 18 heavy (non-hydrogen) atoms. The molecule has 0 radical (unpaired) electrons. The van der Waals surface area contributed by atoms with Crippen LogP contribution in [0.2, 0.25) is 0 Å². The average Bonchev–Trinajstić information content (AvgIpc) is 2.78. The van der Waals surface area contributed by atoms with E-state index in [2.05, 4.69) is 45.3 Å². The van der Waals surface area contributed by atoms with Crippen LogP contribution in [0.5, 0.6) is 0 Å². The van der Waals surface area contributed by atoms with Crippen molar-refractivity contribution in [2.75, 3.05) is 6.54 Å². The molecule has 0 bridgehead atoms. The molecule has 0 saturated heterocycles. The van der Waals surface area contributed by atoms with Crippen LogP contribution in [0.1, 0.15) is 19.7 Å². The Hall–Kier alpha value is -1.20. The van der Waals surface area contributed by atoms with Gasteiger partial charge in [-0.2, -0.15) is 0 Å². The van der Waals surface area contributed by atoms with Gasteiger partial charge in [0.1, 0.15) is 0 Å². The van der Waals surface area contributed by atoms with Crippen molar-refractivity contribution in [3.05, 3.63) is 34.6 Å². The van der Waals surface area contributed by atoms with Crippen LogP contribution in [0.3, 0.4) is 0 Å². The molecule has 0 aliphatic rings. The van der Waals surface area contributed by atoms with Crippen LogP contribution >= 0.6 is 15.9 Å². The Bertz CT molecular complexity index is 510. The molecule has 0 aliphatic heterocycles. The Balaban J connectivity index is 2.04. The van der Waals surface area contributed by atoms with Crippen molar-refractivity contribution in [1.82, 2.24) is 15.5 Å². The highest BCUT2D eigenvalue weighted by Crippen LogP contribution is 2.26. The standard InChI is InChI=1S/C13H16BrN3O/c1-9(2)7-15-8-12-16-17-13(18-12)10-5-3-4-6-11(10)14/h3-6,9,15H,7-8H2,1-2H3. The average molecular weight is 310 g/mol. The molecule has 0 amide bonds. The summed E-state index contributed by atoms with van der Waals surface area (Å²) in [6.07, 6.45) is 0.